The largest absolute Gasteiger partial charge is 0.491 e. The van der Waals surface area contributed by atoms with Gasteiger partial charge in [0.1, 0.15) is 12.4 Å². The highest BCUT2D eigenvalue weighted by Gasteiger charge is 2.31. The van der Waals surface area contributed by atoms with Gasteiger partial charge in [0.25, 0.3) is 11.8 Å². The Morgan fingerprint density at radius 3 is 2.47 bits per heavy atom. The van der Waals surface area contributed by atoms with Crippen LogP contribution >= 0.6 is 0 Å². The fourth-order valence-electron chi connectivity index (χ4n) is 4.53. The van der Waals surface area contributed by atoms with E-state index in [-0.39, 0.29) is 60.8 Å². The Morgan fingerprint density at radius 2 is 1.76 bits per heavy atom. The number of anilines is 1. The lowest BCUT2D eigenvalue weighted by Crippen LogP contribution is -2.48. The van der Waals surface area contributed by atoms with Crippen molar-refractivity contribution in [2.75, 3.05) is 51.6 Å². The third-order valence-corrected chi connectivity index (χ3v) is 7.24. The van der Waals surface area contributed by atoms with E-state index in [0.717, 1.165) is 6.26 Å². The van der Waals surface area contributed by atoms with E-state index in [9.17, 15) is 18.0 Å². The first kappa shape index (κ1) is 27.5. The molecule has 0 saturated heterocycles. The molecule has 2 aromatic carbocycles. The number of carbonyl (C=O) groups is 2. The lowest BCUT2D eigenvalue weighted by molar-refractivity contribution is 0.0111. The molecule has 2 heterocycles. The van der Waals surface area contributed by atoms with Crippen LogP contribution in [0.15, 0.2) is 36.4 Å². The molecular formula is C26H33N3O8S. The summed E-state index contributed by atoms with van der Waals surface area (Å²) in [6.07, 6.45) is 0.693. The molecule has 0 fully saturated rings. The molecule has 0 bridgehead atoms. The van der Waals surface area contributed by atoms with Gasteiger partial charge in [-0.1, -0.05) is 6.92 Å². The molecule has 0 aromatic heterocycles. The van der Waals surface area contributed by atoms with Crippen LogP contribution in [0.5, 0.6) is 17.2 Å². The highest BCUT2D eigenvalue weighted by Crippen LogP contribution is 2.33. The molecule has 2 aliphatic heterocycles. The Hall–Kier alpha value is -3.51. The van der Waals surface area contributed by atoms with Gasteiger partial charge in [0.2, 0.25) is 16.8 Å². The van der Waals surface area contributed by atoms with Gasteiger partial charge in [-0.05, 0) is 37.3 Å². The van der Waals surface area contributed by atoms with E-state index in [1.165, 1.54) is 23.1 Å². The fraction of sp³-hybridized carbons (Fsp3) is 0.462. The van der Waals surface area contributed by atoms with Crippen LogP contribution in [0, 0.1) is 5.92 Å². The smallest absolute Gasteiger partial charge is 0.257 e. The van der Waals surface area contributed by atoms with E-state index < -0.39 is 16.1 Å². The number of likely N-dealkylation sites (N-methyl/N-ethyl adjacent to an activating group) is 1. The normalized spacial score (nSPS) is 22.1. The van der Waals surface area contributed by atoms with E-state index in [2.05, 4.69) is 4.72 Å². The topological polar surface area (TPSA) is 124 Å². The zero-order chi connectivity index (χ0) is 27.6. The summed E-state index contributed by atoms with van der Waals surface area (Å²) in [6, 6.07) is 9.18. The van der Waals surface area contributed by atoms with Crippen LogP contribution in [-0.4, -0.2) is 89.1 Å². The Morgan fingerprint density at radius 1 is 1.03 bits per heavy atom. The van der Waals surface area contributed by atoms with Gasteiger partial charge in [-0.25, -0.2) is 8.42 Å². The van der Waals surface area contributed by atoms with Crippen LogP contribution in [0.4, 0.5) is 5.69 Å². The summed E-state index contributed by atoms with van der Waals surface area (Å²) in [7, 11) is -0.294. The summed E-state index contributed by atoms with van der Waals surface area (Å²) in [5.41, 5.74) is 0.982. The number of sulfonamides is 1. The molecule has 0 unspecified atom stereocenters. The monoisotopic (exact) mass is 547 g/mol. The molecule has 0 aliphatic carbocycles. The highest BCUT2D eigenvalue weighted by molar-refractivity contribution is 7.92. The number of carbonyl (C=O) groups excluding carboxylic acids is 2. The first-order valence-corrected chi connectivity index (χ1v) is 14.1. The maximum atomic E-state index is 13.7. The van der Waals surface area contributed by atoms with Crippen molar-refractivity contribution in [1.29, 1.82) is 0 Å². The van der Waals surface area contributed by atoms with Gasteiger partial charge in [0.05, 0.1) is 29.7 Å². The van der Waals surface area contributed by atoms with Crippen molar-refractivity contribution in [3.63, 3.8) is 0 Å². The summed E-state index contributed by atoms with van der Waals surface area (Å²) in [4.78, 5) is 30.3. The average molecular weight is 548 g/mol. The van der Waals surface area contributed by atoms with Crippen LogP contribution < -0.4 is 18.9 Å². The Labute approximate surface area is 222 Å². The number of benzene rings is 2. The van der Waals surface area contributed by atoms with E-state index in [4.69, 9.17) is 18.9 Å². The molecule has 4 rings (SSSR count). The van der Waals surface area contributed by atoms with Gasteiger partial charge < -0.3 is 28.7 Å². The molecular weight excluding hydrogens is 514 g/mol. The van der Waals surface area contributed by atoms with Crippen LogP contribution in [-0.2, 0) is 14.8 Å². The van der Waals surface area contributed by atoms with Crippen molar-refractivity contribution in [2.45, 2.75) is 26.0 Å². The number of nitrogens with one attached hydrogen (secondary N) is 1. The van der Waals surface area contributed by atoms with E-state index in [1.54, 1.807) is 37.3 Å². The zero-order valence-electron chi connectivity index (χ0n) is 22.1. The summed E-state index contributed by atoms with van der Waals surface area (Å²) in [6.45, 7) is 4.63. The first-order chi connectivity index (χ1) is 18.0. The second-order valence-corrected chi connectivity index (χ2v) is 11.5. The molecule has 2 aliphatic rings. The number of hydrogen-bond acceptors (Lipinski definition) is 8. The van der Waals surface area contributed by atoms with E-state index >= 15 is 0 Å². The maximum absolute atomic E-state index is 13.7. The molecule has 206 valence electrons. The second-order valence-electron chi connectivity index (χ2n) is 9.71. The minimum absolute atomic E-state index is 0.0625. The number of fused-ring (bicyclic) bond motifs is 2. The molecule has 3 atom stereocenters. The van der Waals surface area contributed by atoms with Crippen LogP contribution in [0.3, 0.4) is 0 Å². The molecule has 0 saturated carbocycles. The molecule has 11 nitrogen and oxygen atoms in total. The van der Waals surface area contributed by atoms with E-state index in [1.807, 2.05) is 13.8 Å². The van der Waals surface area contributed by atoms with Crippen molar-refractivity contribution in [3.05, 3.63) is 47.5 Å². The number of methoxy groups -OCH3 is 1. The Kier molecular flexibility index (Phi) is 8.02. The fourth-order valence-corrected chi connectivity index (χ4v) is 5.08. The second kappa shape index (κ2) is 11.1. The third kappa shape index (κ3) is 6.13. The molecule has 12 heteroatoms. The van der Waals surface area contributed by atoms with Gasteiger partial charge in [-0.15, -0.1) is 0 Å². The standard InChI is InChI=1S/C26H33N3O8S/c1-16-12-29(25(30)18-6-9-21-23(10-18)37-15-36-21)17(2)14-35-22-11-19(27-38(5,32)33)7-8-20(22)26(31)28(3)13-24(16)34-4/h6-11,16-17,24,27H,12-15H2,1-5H3/t16-,17+,24+/m0/s1. The van der Waals surface area contributed by atoms with Gasteiger partial charge >= 0.3 is 0 Å². The number of amides is 2. The Balaban J connectivity index is 1.69. The number of rotatable bonds is 4. The molecule has 2 aromatic rings. The first-order valence-electron chi connectivity index (χ1n) is 12.2. The zero-order valence-corrected chi connectivity index (χ0v) is 22.9. The minimum Gasteiger partial charge on any atom is -0.491 e. The summed E-state index contributed by atoms with van der Waals surface area (Å²) >= 11 is 0. The molecule has 0 spiro atoms. The molecule has 1 N–H and O–H groups in total. The summed E-state index contributed by atoms with van der Waals surface area (Å²) in [5.74, 6) is 0.687. The van der Waals surface area contributed by atoms with Gasteiger partial charge in [0.15, 0.2) is 11.5 Å². The van der Waals surface area contributed by atoms with Crippen molar-refractivity contribution in [2.24, 2.45) is 5.92 Å². The van der Waals surface area contributed by atoms with Crippen molar-refractivity contribution < 1.29 is 37.0 Å². The predicted molar refractivity (Wildman–Crippen MR) is 140 cm³/mol. The summed E-state index contributed by atoms with van der Waals surface area (Å²) in [5, 5.41) is 0. The third-order valence-electron chi connectivity index (χ3n) is 6.63. The van der Waals surface area contributed by atoms with E-state index in [0.29, 0.717) is 23.6 Å². The number of nitrogens with zero attached hydrogens (tertiary/aromatic N) is 2. The lowest BCUT2D eigenvalue weighted by atomic mass is 10.0. The van der Waals surface area contributed by atoms with Crippen LogP contribution in [0.25, 0.3) is 0 Å². The predicted octanol–water partition coefficient (Wildman–Crippen LogP) is 2.43. The molecule has 0 radical (unpaired) electrons. The van der Waals surface area contributed by atoms with Gasteiger partial charge in [0, 0.05) is 44.8 Å². The molecule has 2 amide bonds. The number of ether oxygens (including phenoxy) is 4. The minimum atomic E-state index is -3.54. The quantitative estimate of drug-likeness (QED) is 0.619. The highest BCUT2D eigenvalue weighted by atomic mass is 32.2. The van der Waals surface area contributed by atoms with Crippen molar-refractivity contribution in [3.8, 4) is 17.2 Å². The van der Waals surface area contributed by atoms with Gasteiger partial charge in [-0.3, -0.25) is 14.3 Å². The average Bonchev–Trinajstić information content (AvgIpc) is 3.34. The van der Waals surface area contributed by atoms with Crippen molar-refractivity contribution in [1.82, 2.24) is 9.80 Å². The summed E-state index contributed by atoms with van der Waals surface area (Å²) < 4.78 is 48.6. The SMILES string of the molecule is CO[C@@H]1CN(C)C(=O)c2ccc(NS(C)(=O)=O)cc2OC[C@@H](C)N(C(=O)c2ccc3c(c2)OCO3)C[C@@H]1C. The molecule has 38 heavy (non-hydrogen) atoms. The van der Waals surface area contributed by atoms with Crippen LogP contribution in [0.1, 0.15) is 34.6 Å². The maximum Gasteiger partial charge on any atom is 0.257 e. The van der Waals surface area contributed by atoms with Crippen molar-refractivity contribution >= 4 is 27.5 Å². The lowest BCUT2D eigenvalue weighted by Gasteiger charge is -2.36. The van der Waals surface area contributed by atoms with Crippen LogP contribution in [0.2, 0.25) is 0 Å². The van der Waals surface area contributed by atoms with Gasteiger partial charge in [-0.2, -0.15) is 0 Å². The Bertz CT molecular complexity index is 1320. The number of hydrogen-bond donors (Lipinski definition) is 1.